The molecular formula is C24H31N3O5S. The van der Waals surface area contributed by atoms with Gasteiger partial charge in [0.15, 0.2) is 6.61 Å². The van der Waals surface area contributed by atoms with Crippen LogP contribution in [0, 0.1) is 0 Å². The largest absolute Gasteiger partial charge is 0.484 e. The fourth-order valence-corrected chi connectivity index (χ4v) is 4.86. The molecule has 8 nitrogen and oxygen atoms in total. The van der Waals surface area contributed by atoms with Crippen LogP contribution in [0.4, 0.5) is 5.69 Å². The molecule has 1 saturated heterocycles. The van der Waals surface area contributed by atoms with Gasteiger partial charge in [0.05, 0.1) is 4.90 Å². The summed E-state index contributed by atoms with van der Waals surface area (Å²) in [6, 6.07) is 12.9. The van der Waals surface area contributed by atoms with E-state index in [2.05, 4.69) is 19.2 Å². The number of carbonyl (C=O) groups excluding carboxylic acids is 2. The van der Waals surface area contributed by atoms with Crippen LogP contribution in [-0.4, -0.2) is 62.2 Å². The molecular weight excluding hydrogens is 442 g/mol. The first-order chi connectivity index (χ1) is 15.6. The van der Waals surface area contributed by atoms with Crippen molar-refractivity contribution < 1.29 is 22.7 Å². The van der Waals surface area contributed by atoms with Crippen molar-refractivity contribution in [1.29, 1.82) is 0 Å². The molecule has 0 spiro atoms. The van der Waals surface area contributed by atoms with Crippen molar-refractivity contribution in [2.75, 3.05) is 26.0 Å². The lowest BCUT2D eigenvalue weighted by Gasteiger charge is -2.38. The number of amides is 2. The molecule has 0 unspecified atom stereocenters. The predicted molar refractivity (Wildman–Crippen MR) is 127 cm³/mol. The van der Waals surface area contributed by atoms with Crippen molar-refractivity contribution in [1.82, 2.24) is 9.21 Å². The summed E-state index contributed by atoms with van der Waals surface area (Å²) < 4.78 is 31.1. The number of rotatable bonds is 7. The molecule has 2 amide bonds. The second-order valence-electron chi connectivity index (χ2n) is 8.51. The van der Waals surface area contributed by atoms with E-state index in [0.29, 0.717) is 17.0 Å². The van der Waals surface area contributed by atoms with E-state index < -0.39 is 10.0 Å². The van der Waals surface area contributed by atoms with Gasteiger partial charge in [-0.1, -0.05) is 0 Å². The van der Waals surface area contributed by atoms with Gasteiger partial charge in [-0.15, -0.1) is 0 Å². The van der Waals surface area contributed by atoms with Gasteiger partial charge in [0.25, 0.3) is 11.8 Å². The minimum absolute atomic E-state index is 0.0313. The number of piperidine rings is 1. The van der Waals surface area contributed by atoms with E-state index in [0.717, 1.165) is 23.6 Å². The standard InChI is InChI=1S/C24H31N3O5S/c1-17-6-5-7-18(2)27(17)23(28)16-32-21-12-8-19(9-13-21)24(29)25-20-10-14-22(15-11-20)33(30,31)26(3)4/h8-15,17-18H,5-7,16H2,1-4H3,(H,25,29)/t17-,18+. The third-order valence-electron chi connectivity index (χ3n) is 5.85. The number of hydrogen-bond donors (Lipinski definition) is 1. The molecule has 3 rings (SSSR count). The monoisotopic (exact) mass is 473 g/mol. The van der Waals surface area contributed by atoms with Crippen LogP contribution < -0.4 is 10.1 Å². The van der Waals surface area contributed by atoms with Crippen LogP contribution >= 0.6 is 0 Å². The molecule has 2 aromatic carbocycles. The van der Waals surface area contributed by atoms with Gasteiger partial charge in [-0.05, 0) is 81.6 Å². The molecule has 0 aromatic heterocycles. The van der Waals surface area contributed by atoms with Gasteiger partial charge in [-0.3, -0.25) is 9.59 Å². The Morgan fingerprint density at radius 2 is 1.58 bits per heavy atom. The number of anilines is 1. The number of hydrogen-bond acceptors (Lipinski definition) is 5. The summed E-state index contributed by atoms with van der Waals surface area (Å²) in [5, 5.41) is 2.74. The van der Waals surface area contributed by atoms with Gasteiger partial charge in [0.1, 0.15) is 5.75 Å². The number of carbonyl (C=O) groups is 2. The van der Waals surface area contributed by atoms with Crippen molar-refractivity contribution in [2.45, 2.75) is 50.1 Å². The Hall–Kier alpha value is -2.91. The van der Waals surface area contributed by atoms with Gasteiger partial charge in [-0.2, -0.15) is 0 Å². The van der Waals surface area contributed by atoms with E-state index in [9.17, 15) is 18.0 Å². The van der Waals surface area contributed by atoms with Gasteiger partial charge >= 0.3 is 0 Å². The molecule has 1 aliphatic heterocycles. The van der Waals surface area contributed by atoms with Crippen molar-refractivity contribution in [3.63, 3.8) is 0 Å². The van der Waals surface area contributed by atoms with E-state index in [1.165, 1.54) is 26.2 Å². The van der Waals surface area contributed by atoms with Crippen LogP contribution in [0.15, 0.2) is 53.4 Å². The first-order valence-corrected chi connectivity index (χ1v) is 12.4. The highest BCUT2D eigenvalue weighted by Gasteiger charge is 2.29. The van der Waals surface area contributed by atoms with Crippen LogP contribution in [0.25, 0.3) is 0 Å². The van der Waals surface area contributed by atoms with Gasteiger partial charge in [0, 0.05) is 37.4 Å². The van der Waals surface area contributed by atoms with Gasteiger partial charge in [0.2, 0.25) is 10.0 Å². The first kappa shape index (κ1) is 24.7. The molecule has 0 radical (unpaired) electrons. The number of nitrogens with zero attached hydrogens (tertiary/aromatic N) is 2. The van der Waals surface area contributed by atoms with Gasteiger partial charge in [-0.25, -0.2) is 12.7 Å². The second-order valence-corrected chi connectivity index (χ2v) is 10.7. The van der Waals surface area contributed by atoms with Crippen LogP contribution in [0.2, 0.25) is 0 Å². The average molecular weight is 474 g/mol. The van der Waals surface area contributed by atoms with Crippen LogP contribution in [0.1, 0.15) is 43.5 Å². The molecule has 9 heteroatoms. The molecule has 2 aromatic rings. The maximum Gasteiger partial charge on any atom is 0.260 e. The summed E-state index contributed by atoms with van der Waals surface area (Å²) in [5.41, 5.74) is 0.894. The minimum Gasteiger partial charge on any atom is -0.484 e. The lowest BCUT2D eigenvalue weighted by Crippen LogP contribution is -2.49. The summed E-state index contributed by atoms with van der Waals surface area (Å²) >= 11 is 0. The van der Waals surface area contributed by atoms with Gasteiger partial charge < -0.3 is 15.0 Å². The van der Waals surface area contributed by atoms with E-state index in [4.69, 9.17) is 4.74 Å². The fourth-order valence-electron chi connectivity index (χ4n) is 3.96. The normalized spacial score (nSPS) is 18.8. The molecule has 2 atom stereocenters. The lowest BCUT2D eigenvalue weighted by molar-refractivity contribution is -0.139. The van der Waals surface area contributed by atoms with Crippen molar-refractivity contribution in [2.24, 2.45) is 0 Å². The highest BCUT2D eigenvalue weighted by atomic mass is 32.2. The summed E-state index contributed by atoms with van der Waals surface area (Å²) in [6.07, 6.45) is 3.15. The fraction of sp³-hybridized carbons (Fsp3) is 0.417. The molecule has 1 fully saturated rings. The highest BCUT2D eigenvalue weighted by Crippen LogP contribution is 2.23. The quantitative estimate of drug-likeness (QED) is 0.665. The topological polar surface area (TPSA) is 96.0 Å². The van der Waals surface area contributed by atoms with Crippen LogP contribution in [0.3, 0.4) is 0 Å². The Kier molecular flexibility index (Phi) is 7.76. The first-order valence-electron chi connectivity index (χ1n) is 11.0. The van der Waals surface area contributed by atoms with E-state index in [1.807, 2.05) is 4.90 Å². The third-order valence-corrected chi connectivity index (χ3v) is 7.68. The zero-order valence-corrected chi connectivity index (χ0v) is 20.3. The molecule has 0 saturated carbocycles. The van der Waals surface area contributed by atoms with Crippen LogP contribution in [0.5, 0.6) is 5.75 Å². The number of likely N-dealkylation sites (tertiary alicyclic amines) is 1. The molecule has 0 bridgehead atoms. The molecule has 0 aliphatic carbocycles. The molecule has 33 heavy (non-hydrogen) atoms. The molecule has 1 N–H and O–H groups in total. The Balaban J connectivity index is 1.56. The Morgan fingerprint density at radius 3 is 2.12 bits per heavy atom. The smallest absolute Gasteiger partial charge is 0.260 e. The maximum absolute atomic E-state index is 12.6. The summed E-state index contributed by atoms with van der Waals surface area (Å²) in [6.45, 7) is 4.09. The number of sulfonamides is 1. The Labute approximate surface area is 195 Å². The van der Waals surface area contributed by atoms with Crippen molar-refractivity contribution >= 4 is 27.5 Å². The highest BCUT2D eigenvalue weighted by molar-refractivity contribution is 7.89. The predicted octanol–water partition coefficient (Wildman–Crippen LogP) is 3.36. The van der Waals surface area contributed by atoms with E-state index in [-0.39, 0.29) is 35.4 Å². The van der Waals surface area contributed by atoms with Crippen LogP contribution in [-0.2, 0) is 14.8 Å². The zero-order valence-electron chi connectivity index (χ0n) is 19.4. The molecule has 1 heterocycles. The van der Waals surface area contributed by atoms with E-state index >= 15 is 0 Å². The van der Waals surface area contributed by atoms with Crippen molar-refractivity contribution in [3.8, 4) is 5.75 Å². The summed E-state index contributed by atoms with van der Waals surface area (Å²) in [5.74, 6) is 0.142. The summed E-state index contributed by atoms with van der Waals surface area (Å²) in [4.78, 5) is 27.2. The Morgan fingerprint density at radius 1 is 1.00 bits per heavy atom. The molecule has 178 valence electrons. The SMILES string of the molecule is C[C@@H]1CCC[C@H](C)N1C(=O)COc1ccc(C(=O)Nc2ccc(S(=O)(=O)N(C)C)cc2)cc1. The van der Waals surface area contributed by atoms with E-state index in [1.54, 1.807) is 36.4 Å². The second kappa shape index (κ2) is 10.4. The lowest BCUT2D eigenvalue weighted by atomic mass is 9.97. The maximum atomic E-state index is 12.6. The zero-order chi connectivity index (χ0) is 24.2. The number of benzene rings is 2. The van der Waals surface area contributed by atoms with Crippen molar-refractivity contribution in [3.05, 3.63) is 54.1 Å². The summed E-state index contributed by atoms with van der Waals surface area (Å²) in [7, 11) is -0.602. The molecule has 1 aliphatic rings. The Bertz CT molecular complexity index is 1070. The number of nitrogens with one attached hydrogen (secondary N) is 1. The minimum atomic E-state index is -3.52. The average Bonchev–Trinajstić information content (AvgIpc) is 2.78. The number of ether oxygens (including phenoxy) is 1. The third kappa shape index (κ3) is 5.91.